The molecule has 0 fully saturated rings. The SMILES string of the molecule is CC(N=Cc1nccs1)C(=O)OC(C)(C)C. The Bertz CT molecular complexity index is 366. The molecule has 1 heterocycles. The van der Waals surface area contributed by atoms with E-state index in [9.17, 15) is 4.79 Å². The van der Waals surface area contributed by atoms with Crippen LogP contribution in [0.5, 0.6) is 0 Å². The first-order valence-electron chi connectivity index (χ1n) is 5.04. The van der Waals surface area contributed by atoms with Crippen molar-refractivity contribution in [1.29, 1.82) is 0 Å². The van der Waals surface area contributed by atoms with E-state index >= 15 is 0 Å². The topological polar surface area (TPSA) is 51.5 Å². The molecule has 88 valence electrons. The maximum absolute atomic E-state index is 11.6. The molecule has 0 radical (unpaired) electrons. The molecule has 1 aromatic heterocycles. The monoisotopic (exact) mass is 240 g/mol. The summed E-state index contributed by atoms with van der Waals surface area (Å²) >= 11 is 1.48. The third kappa shape index (κ3) is 4.53. The first-order valence-corrected chi connectivity index (χ1v) is 5.92. The predicted octanol–water partition coefficient (Wildman–Crippen LogP) is 2.29. The van der Waals surface area contributed by atoms with Gasteiger partial charge in [0.25, 0.3) is 0 Å². The minimum atomic E-state index is -0.497. The fourth-order valence-corrected chi connectivity index (χ4v) is 1.43. The molecular formula is C11H16N2O2S. The number of esters is 1. The third-order valence-corrected chi connectivity index (χ3v) is 2.32. The van der Waals surface area contributed by atoms with Crippen LogP contribution in [-0.4, -0.2) is 28.8 Å². The van der Waals surface area contributed by atoms with Crippen molar-refractivity contribution in [2.75, 3.05) is 0 Å². The number of hydrogen-bond donors (Lipinski definition) is 0. The number of nitrogens with zero attached hydrogens (tertiary/aromatic N) is 2. The van der Waals surface area contributed by atoms with E-state index in [1.54, 1.807) is 19.3 Å². The van der Waals surface area contributed by atoms with Crippen LogP contribution in [0.25, 0.3) is 0 Å². The van der Waals surface area contributed by atoms with Crippen molar-refractivity contribution in [2.24, 2.45) is 4.99 Å². The van der Waals surface area contributed by atoms with Crippen molar-refractivity contribution in [2.45, 2.75) is 39.3 Å². The van der Waals surface area contributed by atoms with Crippen LogP contribution in [0.2, 0.25) is 0 Å². The van der Waals surface area contributed by atoms with Gasteiger partial charge in [-0.2, -0.15) is 0 Å². The van der Waals surface area contributed by atoms with Gasteiger partial charge in [-0.15, -0.1) is 11.3 Å². The summed E-state index contributed by atoms with van der Waals surface area (Å²) in [5.41, 5.74) is -0.470. The second kappa shape index (κ2) is 5.21. The van der Waals surface area contributed by atoms with Crippen LogP contribution >= 0.6 is 11.3 Å². The van der Waals surface area contributed by atoms with E-state index in [-0.39, 0.29) is 5.97 Å². The molecule has 0 bridgehead atoms. The van der Waals surface area contributed by atoms with Gasteiger partial charge < -0.3 is 4.74 Å². The second-order valence-corrected chi connectivity index (χ2v) is 5.28. The van der Waals surface area contributed by atoms with Gasteiger partial charge in [0.05, 0.1) is 6.21 Å². The summed E-state index contributed by atoms with van der Waals surface area (Å²) in [6.45, 7) is 7.21. The molecule has 0 aliphatic heterocycles. The van der Waals surface area contributed by atoms with E-state index in [2.05, 4.69) is 9.98 Å². The van der Waals surface area contributed by atoms with Crippen LogP contribution in [0, 0.1) is 0 Å². The molecule has 0 aliphatic rings. The molecular weight excluding hydrogens is 224 g/mol. The fourth-order valence-electron chi connectivity index (χ4n) is 0.922. The zero-order chi connectivity index (χ0) is 12.2. The van der Waals surface area contributed by atoms with Crippen LogP contribution in [-0.2, 0) is 9.53 Å². The maximum atomic E-state index is 11.6. The van der Waals surface area contributed by atoms with Crippen molar-refractivity contribution < 1.29 is 9.53 Å². The summed E-state index contributed by atoms with van der Waals surface area (Å²) in [4.78, 5) is 19.7. The summed E-state index contributed by atoms with van der Waals surface area (Å²) < 4.78 is 5.20. The van der Waals surface area contributed by atoms with Gasteiger partial charge in [0, 0.05) is 11.6 Å². The van der Waals surface area contributed by atoms with E-state index in [0.29, 0.717) is 0 Å². The van der Waals surface area contributed by atoms with E-state index in [4.69, 9.17) is 4.74 Å². The van der Waals surface area contributed by atoms with Gasteiger partial charge >= 0.3 is 5.97 Å². The molecule has 0 aliphatic carbocycles. The highest BCUT2D eigenvalue weighted by molar-refractivity contribution is 7.11. The van der Waals surface area contributed by atoms with E-state index in [1.165, 1.54) is 11.3 Å². The van der Waals surface area contributed by atoms with Crippen LogP contribution in [0.1, 0.15) is 32.7 Å². The van der Waals surface area contributed by atoms with Gasteiger partial charge in [0.15, 0.2) is 0 Å². The maximum Gasteiger partial charge on any atom is 0.331 e. The Balaban J connectivity index is 2.52. The molecule has 0 saturated carbocycles. The Morgan fingerprint density at radius 2 is 2.31 bits per heavy atom. The standard InChI is InChI=1S/C11H16N2O2S/c1-8(10(14)15-11(2,3)4)13-7-9-12-5-6-16-9/h5-8H,1-4H3. The Morgan fingerprint density at radius 1 is 1.62 bits per heavy atom. The van der Waals surface area contributed by atoms with Crippen LogP contribution in [0.4, 0.5) is 0 Å². The van der Waals surface area contributed by atoms with Crippen molar-refractivity contribution in [3.05, 3.63) is 16.6 Å². The molecule has 0 amide bonds. The highest BCUT2D eigenvalue weighted by Crippen LogP contribution is 2.09. The lowest BCUT2D eigenvalue weighted by Gasteiger charge is -2.20. The Labute approximate surface area is 99.4 Å². The number of aromatic nitrogens is 1. The first-order chi connectivity index (χ1) is 7.38. The summed E-state index contributed by atoms with van der Waals surface area (Å²) in [6, 6.07) is -0.497. The Kier molecular flexibility index (Phi) is 4.18. The van der Waals surface area contributed by atoms with Gasteiger partial charge in [-0.25, -0.2) is 9.78 Å². The highest BCUT2D eigenvalue weighted by Gasteiger charge is 2.20. The van der Waals surface area contributed by atoms with Crippen LogP contribution in [0.15, 0.2) is 16.6 Å². The molecule has 0 aromatic carbocycles. The number of aliphatic imine (C=N–C) groups is 1. The van der Waals surface area contributed by atoms with E-state index in [1.807, 2.05) is 26.2 Å². The lowest BCUT2D eigenvalue weighted by Crippen LogP contribution is -2.29. The quantitative estimate of drug-likeness (QED) is 0.601. The number of thiazole rings is 1. The number of carbonyl (C=O) groups excluding carboxylic acids is 1. The van der Waals surface area contributed by atoms with Crippen LogP contribution < -0.4 is 0 Å². The Morgan fingerprint density at radius 3 is 2.81 bits per heavy atom. The lowest BCUT2D eigenvalue weighted by molar-refractivity contribution is -0.155. The minimum Gasteiger partial charge on any atom is -0.458 e. The van der Waals surface area contributed by atoms with Crippen molar-refractivity contribution in [1.82, 2.24) is 4.98 Å². The first kappa shape index (κ1) is 12.8. The molecule has 0 N–H and O–H groups in total. The fraction of sp³-hybridized carbons (Fsp3) is 0.545. The molecule has 1 unspecified atom stereocenters. The third-order valence-electron chi connectivity index (χ3n) is 1.61. The number of hydrogen-bond acceptors (Lipinski definition) is 5. The van der Waals surface area contributed by atoms with Crippen molar-refractivity contribution in [3.8, 4) is 0 Å². The summed E-state index contributed by atoms with van der Waals surface area (Å²) in [5, 5.41) is 2.65. The number of carbonyl (C=O) groups is 1. The second-order valence-electron chi connectivity index (χ2n) is 4.36. The van der Waals surface area contributed by atoms with Gasteiger partial charge in [-0.05, 0) is 27.7 Å². The number of ether oxygens (including phenoxy) is 1. The van der Waals surface area contributed by atoms with Crippen LogP contribution in [0.3, 0.4) is 0 Å². The molecule has 0 spiro atoms. The van der Waals surface area contributed by atoms with Crippen molar-refractivity contribution >= 4 is 23.5 Å². The smallest absolute Gasteiger partial charge is 0.331 e. The molecule has 1 atom stereocenters. The number of rotatable bonds is 3. The molecule has 1 rings (SSSR count). The highest BCUT2D eigenvalue weighted by atomic mass is 32.1. The van der Waals surface area contributed by atoms with Crippen molar-refractivity contribution in [3.63, 3.8) is 0 Å². The molecule has 16 heavy (non-hydrogen) atoms. The van der Waals surface area contributed by atoms with Gasteiger partial charge in [0.1, 0.15) is 16.7 Å². The largest absolute Gasteiger partial charge is 0.458 e. The lowest BCUT2D eigenvalue weighted by atomic mass is 10.2. The Hall–Kier alpha value is -1.23. The van der Waals surface area contributed by atoms with E-state index in [0.717, 1.165) is 5.01 Å². The predicted molar refractivity (Wildman–Crippen MR) is 65.0 cm³/mol. The summed E-state index contributed by atoms with van der Waals surface area (Å²) in [6.07, 6.45) is 3.30. The summed E-state index contributed by atoms with van der Waals surface area (Å²) in [7, 11) is 0. The molecule has 0 saturated heterocycles. The normalized spacial score (nSPS) is 14.0. The molecule has 5 heteroatoms. The zero-order valence-corrected chi connectivity index (χ0v) is 10.7. The molecule has 1 aromatic rings. The molecule has 4 nitrogen and oxygen atoms in total. The van der Waals surface area contributed by atoms with E-state index < -0.39 is 11.6 Å². The average molecular weight is 240 g/mol. The summed E-state index contributed by atoms with van der Waals surface area (Å²) in [5.74, 6) is -0.319. The van der Waals surface area contributed by atoms with Gasteiger partial charge in [-0.3, -0.25) is 4.99 Å². The zero-order valence-electron chi connectivity index (χ0n) is 9.93. The van der Waals surface area contributed by atoms with Gasteiger partial charge in [0.2, 0.25) is 0 Å². The average Bonchev–Trinajstić information content (AvgIpc) is 2.63. The van der Waals surface area contributed by atoms with Gasteiger partial charge in [-0.1, -0.05) is 0 Å². The minimum absolute atomic E-state index is 0.319.